The Balaban J connectivity index is 2.97. The van der Waals surface area contributed by atoms with Crippen LogP contribution in [0.2, 0.25) is 0 Å². The third-order valence-corrected chi connectivity index (χ3v) is 3.84. The van der Waals surface area contributed by atoms with Gasteiger partial charge in [-0.05, 0) is 24.1 Å². The predicted molar refractivity (Wildman–Crippen MR) is 56.9 cm³/mol. The molecule has 14 heavy (non-hydrogen) atoms. The molecule has 0 spiro atoms. The molecule has 3 nitrogen and oxygen atoms in total. The van der Waals surface area contributed by atoms with E-state index in [4.69, 9.17) is 5.73 Å². The molecular weight excluding hydrogens is 198 g/mol. The molecular formula is C10H15NO2S. The van der Waals surface area contributed by atoms with E-state index >= 15 is 0 Å². The van der Waals surface area contributed by atoms with Gasteiger partial charge >= 0.3 is 0 Å². The number of hydrogen-bond donors (Lipinski definition) is 1. The minimum atomic E-state index is -3.16. The van der Waals surface area contributed by atoms with Crippen molar-refractivity contribution in [3.05, 3.63) is 29.8 Å². The summed E-state index contributed by atoms with van der Waals surface area (Å²) in [4.78, 5) is 0.361. The quantitative estimate of drug-likeness (QED) is 0.811. The molecule has 0 aliphatic rings. The van der Waals surface area contributed by atoms with Crippen LogP contribution >= 0.6 is 0 Å². The van der Waals surface area contributed by atoms with Gasteiger partial charge in [0, 0.05) is 6.54 Å². The molecule has 1 rings (SSSR count). The van der Waals surface area contributed by atoms with E-state index < -0.39 is 9.84 Å². The summed E-state index contributed by atoms with van der Waals surface area (Å²) in [5, 5.41) is 0. The minimum Gasteiger partial charge on any atom is -0.329 e. The van der Waals surface area contributed by atoms with Gasteiger partial charge in [-0.1, -0.05) is 19.1 Å². The molecule has 0 atom stereocenters. The number of hydrogen-bond acceptors (Lipinski definition) is 3. The van der Waals surface area contributed by atoms with Gasteiger partial charge in [-0.2, -0.15) is 0 Å². The Morgan fingerprint density at radius 1 is 1.21 bits per heavy atom. The molecule has 0 saturated heterocycles. The van der Waals surface area contributed by atoms with Crippen molar-refractivity contribution < 1.29 is 8.42 Å². The topological polar surface area (TPSA) is 60.2 Å². The van der Waals surface area contributed by atoms with E-state index in [9.17, 15) is 8.42 Å². The zero-order chi connectivity index (χ0) is 10.6. The van der Waals surface area contributed by atoms with Crippen molar-refractivity contribution in [1.82, 2.24) is 0 Å². The van der Waals surface area contributed by atoms with Crippen LogP contribution < -0.4 is 5.73 Å². The van der Waals surface area contributed by atoms with Crippen LogP contribution in [0.5, 0.6) is 0 Å². The largest absolute Gasteiger partial charge is 0.329 e. The van der Waals surface area contributed by atoms with Gasteiger partial charge in [-0.25, -0.2) is 8.42 Å². The second kappa shape index (κ2) is 4.57. The van der Waals surface area contributed by atoms with Crippen LogP contribution in [-0.4, -0.2) is 20.7 Å². The second-order valence-corrected chi connectivity index (χ2v) is 5.21. The molecule has 0 amide bonds. The number of sulfone groups is 1. The van der Waals surface area contributed by atoms with Crippen LogP contribution in [0.1, 0.15) is 12.5 Å². The molecule has 0 aliphatic carbocycles. The van der Waals surface area contributed by atoms with Gasteiger partial charge in [0.05, 0.1) is 10.6 Å². The summed E-state index contributed by atoms with van der Waals surface area (Å²) in [5.74, 6) is 0.0124. The Bertz CT molecular complexity index is 381. The SMILES string of the molecule is CCc1ccc(S(=O)(=O)CCN)cc1. The lowest BCUT2D eigenvalue weighted by Crippen LogP contribution is -2.15. The summed E-state index contributed by atoms with van der Waals surface area (Å²) in [7, 11) is -3.16. The first-order chi connectivity index (χ1) is 6.60. The molecule has 0 bridgehead atoms. The van der Waals surface area contributed by atoms with Gasteiger partial charge < -0.3 is 5.73 Å². The normalized spacial score (nSPS) is 11.6. The van der Waals surface area contributed by atoms with E-state index in [1.807, 2.05) is 19.1 Å². The van der Waals surface area contributed by atoms with Crippen LogP contribution in [0.4, 0.5) is 0 Å². The Kier molecular flexibility index (Phi) is 3.66. The second-order valence-electron chi connectivity index (χ2n) is 3.11. The Morgan fingerprint density at radius 3 is 2.21 bits per heavy atom. The van der Waals surface area contributed by atoms with Crippen LogP contribution in [-0.2, 0) is 16.3 Å². The van der Waals surface area contributed by atoms with Crippen LogP contribution in [0.15, 0.2) is 29.2 Å². The van der Waals surface area contributed by atoms with Gasteiger partial charge in [0.15, 0.2) is 9.84 Å². The maximum absolute atomic E-state index is 11.6. The fourth-order valence-corrected chi connectivity index (χ4v) is 2.30. The monoisotopic (exact) mass is 213 g/mol. The van der Waals surface area contributed by atoms with E-state index in [1.54, 1.807) is 12.1 Å². The summed E-state index contributed by atoms with van der Waals surface area (Å²) in [6.07, 6.45) is 0.914. The highest BCUT2D eigenvalue weighted by Crippen LogP contribution is 2.12. The van der Waals surface area contributed by atoms with Gasteiger partial charge in [0.1, 0.15) is 0 Å². The molecule has 0 aromatic heterocycles. The molecule has 1 aromatic rings. The van der Waals surface area contributed by atoms with Crippen LogP contribution in [0.3, 0.4) is 0 Å². The molecule has 0 fully saturated rings. The summed E-state index contributed by atoms with van der Waals surface area (Å²) in [6.45, 7) is 2.20. The molecule has 0 saturated carbocycles. The Hall–Kier alpha value is -0.870. The molecule has 78 valence electrons. The molecule has 0 aliphatic heterocycles. The van der Waals surface area contributed by atoms with Crippen molar-refractivity contribution in [1.29, 1.82) is 0 Å². The van der Waals surface area contributed by atoms with Gasteiger partial charge in [-0.15, -0.1) is 0 Å². The van der Waals surface area contributed by atoms with E-state index in [2.05, 4.69) is 0 Å². The first-order valence-electron chi connectivity index (χ1n) is 4.62. The average molecular weight is 213 g/mol. The fraction of sp³-hybridized carbons (Fsp3) is 0.400. The summed E-state index contributed by atoms with van der Waals surface area (Å²) in [6, 6.07) is 6.96. The first-order valence-corrected chi connectivity index (χ1v) is 6.27. The lowest BCUT2D eigenvalue weighted by molar-refractivity contribution is 0.596. The van der Waals surface area contributed by atoms with Crippen molar-refractivity contribution in [2.75, 3.05) is 12.3 Å². The lowest BCUT2D eigenvalue weighted by atomic mass is 10.2. The van der Waals surface area contributed by atoms with E-state index in [0.717, 1.165) is 12.0 Å². The zero-order valence-corrected chi connectivity index (χ0v) is 9.05. The van der Waals surface area contributed by atoms with Gasteiger partial charge in [0.25, 0.3) is 0 Å². The van der Waals surface area contributed by atoms with Crippen molar-refractivity contribution in [3.63, 3.8) is 0 Å². The smallest absolute Gasteiger partial charge is 0.179 e. The molecule has 0 radical (unpaired) electrons. The van der Waals surface area contributed by atoms with Crippen molar-refractivity contribution in [2.45, 2.75) is 18.2 Å². The molecule has 4 heteroatoms. The standard InChI is InChI=1S/C10H15NO2S/c1-2-9-3-5-10(6-4-9)14(12,13)8-7-11/h3-6H,2,7-8,11H2,1H3. The van der Waals surface area contributed by atoms with Crippen LogP contribution in [0, 0.1) is 0 Å². The molecule has 2 N–H and O–H groups in total. The third kappa shape index (κ3) is 2.56. The number of nitrogens with two attached hydrogens (primary N) is 1. The predicted octanol–water partition coefficient (Wildman–Crippen LogP) is 0.981. The van der Waals surface area contributed by atoms with E-state index in [0.29, 0.717) is 4.90 Å². The molecule has 0 heterocycles. The maximum Gasteiger partial charge on any atom is 0.179 e. The van der Waals surface area contributed by atoms with Crippen molar-refractivity contribution in [3.8, 4) is 0 Å². The lowest BCUT2D eigenvalue weighted by Gasteiger charge is -2.03. The molecule has 1 aromatic carbocycles. The Labute approximate surface area is 84.9 Å². The number of benzene rings is 1. The minimum absolute atomic E-state index is 0.0124. The number of rotatable bonds is 4. The first kappa shape index (κ1) is 11.2. The van der Waals surface area contributed by atoms with Gasteiger partial charge in [0.2, 0.25) is 0 Å². The molecule has 0 unspecified atom stereocenters. The zero-order valence-electron chi connectivity index (χ0n) is 8.23. The Morgan fingerprint density at radius 2 is 1.79 bits per heavy atom. The van der Waals surface area contributed by atoms with Crippen molar-refractivity contribution >= 4 is 9.84 Å². The summed E-state index contributed by atoms with van der Waals surface area (Å²) >= 11 is 0. The van der Waals surface area contributed by atoms with E-state index in [-0.39, 0.29) is 12.3 Å². The highest BCUT2D eigenvalue weighted by molar-refractivity contribution is 7.91. The maximum atomic E-state index is 11.6. The summed E-state index contributed by atoms with van der Waals surface area (Å²) < 4.78 is 23.1. The number of aryl methyl sites for hydroxylation is 1. The third-order valence-electron chi connectivity index (χ3n) is 2.08. The highest BCUT2D eigenvalue weighted by atomic mass is 32.2. The highest BCUT2D eigenvalue weighted by Gasteiger charge is 2.12. The van der Waals surface area contributed by atoms with Crippen LogP contribution in [0.25, 0.3) is 0 Å². The fourth-order valence-electron chi connectivity index (χ4n) is 1.21. The van der Waals surface area contributed by atoms with Crippen molar-refractivity contribution in [2.24, 2.45) is 5.73 Å². The average Bonchev–Trinajstić information content (AvgIpc) is 2.18. The van der Waals surface area contributed by atoms with E-state index in [1.165, 1.54) is 0 Å². The summed E-state index contributed by atoms with van der Waals surface area (Å²) in [5.41, 5.74) is 6.36. The van der Waals surface area contributed by atoms with Gasteiger partial charge in [-0.3, -0.25) is 0 Å².